The van der Waals surface area contributed by atoms with Gasteiger partial charge in [-0.25, -0.2) is 0 Å². The van der Waals surface area contributed by atoms with Crippen molar-refractivity contribution < 1.29 is 4.79 Å². The van der Waals surface area contributed by atoms with Gasteiger partial charge in [0.15, 0.2) is 0 Å². The molecule has 0 atom stereocenters. The van der Waals surface area contributed by atoms with Gasteiger partial charge in [-0.2, -0.15) is 0 Å². The standard InChI is InChI=1S/C14H27N3O/c1-14(18)17-12-10-16(11-13-17)9-8-15-6-4-2-3-5-7-15/h2-13H2,1H3. The van der Waals surface area contributed by atoms with Crippen LogP contribution in [0.5, 0.6) is 0 Å². The zero-order valence-electron chi connectivity index (χ0n) is 11.7. The molecule has 0 unspecified atom stereocenters. The lowest BCUT2D eigenvalue weighted by molar-refractivity contribution is -0.130. The van der Waals surface area contributed by atoms with E-state index in [0.29, 0.717) is 0 Å². The lowest BCUT2D eigenvalue weighted by Crippen LogP contribution is -2.49. The topological polar surface area (TPSA) is 26.8 Å². The highest BCUT2D eigenvalue weighted by Crippen LogP contribution is 2.10. The lowest BCUT2D eigenvalue weighted by atomic mass is 10.2. The first-order valence-corrected chi connectivity index (χ1v) is 7.46. The van der Waals surface area contributed by atoms with Crippen LogP contribution in [0.25, 0.3) is 0 Å². The molecule has 1 amide bonds. The second-order valence-electron chi connectivity index (χ2n) is 5.60. The van der Waals surface area contributed by atoms with E-state index in [1.165, 1.54) is 51.9 Å². The van der Waals surface area contributed by atoms with Gasteiger partial charge in [0.25, 0.3) is 0 Å². The summed E-state index contributed by atoms with van der Waals surface area (Å²) in [5, 5.41) is 0. The van der Waals surface area contributed by atoms with Gasteiger partial charge in [0, 0.05) is 46.2 Å². The summed E-state index contributed by atoms with van der Waals surface area (Å²) in [5.74, 6) is 0.224. The summed E-state index contributed by atoms with van der Waals surface area (Å²) in [4.78, 5) is 18.3. The van der Waals surface area contributed by atoms with Crippen LogP contribution in [-0.4, -0.2) is 73.0 Å². The zero-order valence-corrected chi connectivity index (χ0v) is 11.7. The third kappa shape index (κ3) is 4.25. The highest BCUT2D eigenvalue weighted by molar-refractivity contribution is 5.73. The van der Waals surface area contributed by atoms with Crippen LogP contribution in [0.15, 0.2) is 0 Å². The van der Waals surface area contributed by atoms with Crippen molar-refractivity contribution in [2.45, 2.75) is 32.6 Å². The predicted molar refractivity (Wildman–Crippen MR) is 73.6 cm³/mol. The molecule has 2 aliphatic rings. The molecule has 18 heavy (non-hydrogen) atoms. The molecule has 0 aromatic rings. The van der Waals surface area contributed by atoms with Crippen LogP contribution in [0.2, 0.25) is 0 Å². The predicted octanol–water partition coefficient (Wildman–Crippen LogP) is 1.03. The Bertz CT molecular complexity index is 254. The quantitative estimate of drug-likeness (QED) is 0.751. The summed E-state index contributed by atoms with van der Waals surface area (Å²) in [6.07, 6.45) is 5.57. The Balaban J connectivity index is 1.64. The number of hydrogen-bond donors (Lipinski definition) is 0. The van der Waals surface area contributed by atoms with Crippen molar-refractivity contribution in [2.75, 3.05) is 52.4 Å². The summed E-state index contributed by atoms with van der Waals surface area (Å²) in [7, 11) is 0. The van der Waals surface area contributed by atoms with E-state index in [1.54, 1.807) is 6.92 Å². The maximum Gasteiger partial charge on any atom is 0.219 e. The van der Waals surface area contributed by atoms with E-state index in [2.05, 4.69) is 9.80 Å². The Labute approximate surface area is 111 Å². The molecular weight excluding hydrogens is 226 g/mol. The summed E-state index contributed by atoms with van der Waals surface area (Å²) in [6, 6.07) is 0. The Kier molecular flexibility index (Phi) is 5.45. The minimum Gasteiger partial charge on any atom is -0.340 e. The molecule has 2 rings (SSSR count). The summed E-state index contributed by atoms with van der Waals surface area (Å²) < 4.78 is 0. The van der Waals surface area contributed by atoms with Crippen molar-refractivity contribution in [1.29, 1.82) is 0 Å². The van der Waals surface area contributed by atoms with E-state index < -0.39 is 0 Å². The van der Waals surface area contributed by atoms with E-state index in [1.807, 2.05) is 4.90 Å². The van der Waals surface area contributed by atoms with Crippen molar-refractivity contribution in [3.05, 3.63) is 0 Å². The third-order valence-electron chi connectivity index (χ3n) is 4.25. The van der Waals surface area contributed by atoms with Crippen LogP contribution in [0, 0.1) is 0 Å². The van der Waals surface area contributed by atoms with E-state index in [9.17, 15) is 4.79 Å². The van der Waals surface area contributed by atoms with E-state index in [4.69, 9.17) is 0 Å². The number of likely N-dealkylation sites (tertiary alicyclic amines) is 1. The first-order chi connectivity index (χ1) is 8.75. The smallest absolute Gasteiger partial charge is 0.219 e. The van der Waals surface area contributed by atoms with Crippen LogP contribution >= 0.6 is 0 Å². The lowest BCUT2D eigenvalue weighted by Gasteiger charge is -2.35. The largest absolute Gasteiger partial charge is 0.340 e. The maximum absolute atomic E-state index is 11.2. The minimum absolute atomic E-state index is 0.224. The molecule has 0 aliphatic carbocycles. The molecule has 4 heteroatoms. The van der Waals surface area contributed by atoms with Crippen LogP contribution in [0.3, 0.4) is 0 Å². The molecule has 0 N–H and O–H groups in total. The average Bonchev–Trinajstić information content (AvgIpc) is 2.65. The molecule has 104 valence electrons. The highest BCUT2D eigenvalue weighted by atomic mass is 16.2. The number of amides is 1. The second kappa shape index (κ2) is 7.10. The fraction of sp³-hybridized carbons (Fsp3) is 0.929. The summed E-state index contributed by atoms with van der Waals surface area (Å²) in [5.41, 5.74) is 0. The number of hydrogen-bond acceptors (Lipinski definition) is 3. The number of piperazine rings is 1. The van der Waals surface area contributed by atoms with Crippen LogP contribution in [-0.2, 0) is 4.79 Å². The molecule has 0 saturated carbocycles. The number of carbonyl (C=O) groups is 1. The molecule has 4 nitrogen and oxygen atoms in total. The minimum atomic E-state index is 0.224. The number of nitrogens with zero attached hydrogens (tertiary/aromatic N) is 3. The number of rotatable bonds is 3. The van der Waals surface area contributed by atoms with E-state index in [-0.39, 0.29) is 5.91 Å². The van der Waals surface area contributed by atoms with Crippen molar-refractivity contribution in [2.24, 2.45) is 0 Å². The second-order valence-corrected chi connectivity index (χ2v) is 5.60. The molecular formula is C14H27N3O. The van der Waals surface area contributed by atoms with Gasteiger partial charge in [0.2, 0.25) is 5.91 Å². The van der Waals surface area contributed by atoms with Gasteiger partial charge in [0.05, 0.1) is 0 Å². The van der Waals surface area contributed by atoms with Crippen molar-refractivity contribution in [1.82, 2.24) is 14.7 Å². The SMILES string of the molecule is CC(=O)N1CCN(CCN2CCCCCC2)CC1. The fourth-order valence-electron chi connectivity index (χ4n) is 2.93. The Morgan fingerprint density at radius 1 is 0.778 bits per heavy atom. The average molecular weight is 253 g/mol. The highest BCUT2D eigenvalue weighted by Gasteiger charge is 2.19. The Hall–Kier alpha value is -0.610. The molecule has 0 aromatic carbocycles. The molecule has 2 aliphatic heterocycles. The maximum atomic E-state index is 11.2. The van der Waals surface area contributed by atoms with Crippen molar-refractivity contribution in [3.8, 4) is 0 Å². The molecule has 0 bridgehead atoms. The van der Waals surface area contributed by atoms with Gasteiger partial charge >= 0.3 is 0 Å². The zero-order chi connectivity index (χ0) is 12.8. The van der Waals surface area contributed by atoms with E-state index >= 15 is 0 Å². The first kappa shape index (κ1) is 13.8. The molecule has 0 spiro atoms. The molecule has 0 aromatic heterocycles. The normalized spacial score (nSPS) is 23.9. The molecule has 2 heterocycles. The molecule has 2 fully saturated rings. The van der Waals surface area contributed by atoms with Crippen molar-refractivity contribution in [3.63, 3.8) is 0 Å². The number of carbonyl (C=O) groups excluding carboxylic acids is 1. The molecule has 2 saturated heterocycles. The Morgan fingerprint density at radius 3 is 1.78 bits per heavy atom. The Morgan fingerprint density at radius 2 is 1.28 bits per heavy atom. The van der Waals surface area contributed by atoms with Gasteiger partial charge in [0.1, 0.15) is 0 Å². The van der Waals surface area contributed by atoms with Gasteiger partial charge in [-0.3, -0.25) is 9.69 Å². The van der Waals surface area contributed by atoms with E-state index in [0.717, 1.165) is 26.2 Å². The monoisotopic (exact) mass is 253 g/mol. The van der Waals surface area contributed by atoms with Crippen molar-refractivity contribution >= 4 is 5.91 Å². The fourth-order valence-corrected chi connectivity index (χ4v) is 2.93. The van der Waals surface area contributed by atoms with Crippen LogP contribution in [0.1, 0.15) is 32.6 Å². The third-order valence-corrected chi connectivity index (χ3v) is 4.25. The summed E-state index contributed by atoms with van der Waals surface area (Å²) >= 11 is 0. The van der Waals surface area contributed by atoms with Gasteiger partial charge < -0.3 is 9.80 Å². The molecule has 0 radical (unpaired) electrons. The van der Waals surface area contributed by atoms with Crippen LogP contribution in [0.4, 0.5) is 0 Å². The first-order valence-electron chi connectivity index (χ1n) is 7.46. The van der Waals surface area contributed by atoms with Gasteiger partial charge in [-0.05, 0) is 25.9 Å². The van der Waals surface area contributed by atoms with Gasteiger partial charge in [-0.15, -0.1) is 0 Å². The summed E-state index contributed by atoms with van der Waals surface area (Å²) in [6.45, 7) is 10.5. The van der Waals surface area contributed by atoms with Gasteiger partial charge in [-0.1, -0.05) is 12.8 Å². The van der Waals surface area contributed by atoms with Crippen LogP contribution < -0.4 is 0 Å².